The molecule has 2 rings (SSSR count). The average molecular weight is 322 g/mol. The molecule has 0 aliphatic rings. The Kier molecular flexibility index (Phi) is 4.46. The molecule has 1 aromatic carbocycles. The molecule has 116 valence electrons. The van der Waals surface area contributed by atoms with E-state index in [4.69, 9.17) is 9.15 Å². The summed E-state index contributed by atoms with van der Waals surface area (Å²) in [7, 11) is -3.31. The number of Topliss-reactive ketones (excluding diaryl/α,β-unsaturated/α-hetero) is 1. The highest BCUT2D eigenvalue weighted by molar-refractivity contribution is 7.90. The maximum absolute atomic E-state index is 11.9. The number of benzene rings is 1. The van der Waals surface area contributed by atoms with Crippen LogP contribution in [0.2, 0.25) is 0 Å². The molecular weight excluding hydrogens is 308 g/mol. The highest BCUT2D eigenvalue weighted by Gasteiger charge is 2.15. The lowest BCUT2D eigenvalue weighted by atomic mass is 10.1. The van der Waals surface area contributed by atoms with E-state index in [2.05, 4.69) is 0 Å². The van der Waals surface area contributed by atoms with E-state index in [9.17, 15) is 18.0 Å². The highest BCUT2D eigenvalue weighted by Crippen LogP contribution is 2.12. The van der Waals surface area contributed by atoms with Gasteiger partial charge in [0.1, 0.15) is 5.76 Å². The van der Waals surface area contributed by atoms with Crippen LogP contribution in [-0.4, -0.2) is 33.0 Å². The molecule has 0 amide bonds. The second-order valence-corrected chi connectivity index (χ2v) is 6.72. The van der Waals surface area contributed by atoms with Crippen molar-refractivity contribution in [3.63, 3.8) is 0 Å². The van der Waals surface area contributed by atoms with Crippen molar-refractivity contribution >= 4 is 21.6 Å². The summed E-state index contributed by atoms with van der Waals surface area (Å²) in [4.78, 5) is 23.6. The molecule has 0 bridgehead atoms. The molecule has 1 heterocycles. The van der Waals surface area contributed by atoms with E-state index in [1.165, 1.54) is 30.3 Å². The molecule has 0 saturated heterocycles. The van der Waals surface area contributed by atoms with Crippen LogP contribution in [0.1, 0.15) is 26.7 Å². The molecule has 0 N–H and O–H groups in total. The van der Waals surface area contributed by atoms with Crippen LogP contribution in [0.5, 0.6) is 0 Å². The van der Waals surface area contributed by atoms with Gasteiger partial charge < -0.3 is 9.15 Å². The van der Waals surface area contributed by atoms with Crippen molar-refractivity contribution in [1.29, 1.82) is 0 Å². The Balaban J connectivity index is 1.99. The van der Waals surface area contributed by atoms with Gasteiger partial charge in [0.2, 0.25) is 5.76 Å². The number of aryl methyl sites for hydroxylation is 1. The molecule has 0 fully saturated rings. The van der Waals surface area contributed by atoms with Crippen LogP contribution < -0.4 is 0 Å². The summed E-state index contributed by atoms with van der Waals surface area (Å²) < 4.78 is 32.6. The first-order chi connectivity index (χ1) is 10.3. The molecule has 0 atom stereocenters. The lowest BCUT2D eigenvalue weighted by Crippen LogP contribution is -2.14. The second-order valence-electron chi connectivity index (χ2n) is 4.71. The zero-order chi connectivity index (χ0) is 16.3. The van der Waals surface area contributed by atoms with Gasteiger partial charge in [0.25, 0.3) is 0 Å². The molecule has 1 aromatic heterocycles. The largest absolute Gasteiger partial charge is 0.454 e. The standard InChI is InChI=1S/C15H14O6S/c1-10-3-8-14(21-10)15(17)20-9-13(16)11-4-6-12(7-5-11)22(2,18)19/h3-8H,9H2,1-2H3. The third-order valence-electron chi connectivity index (χ3n) is 2.88. The highest BCUT2D eigenvalue weighted by atomic mass is 32.2. The van der Waals surface area contributed by atoms with E-state index in [1.54, 1.807) is 13.0 Å². The number of carbonyl (C=O) groups is 2. The van der Waals surface area contributed by atoms with Crippen LogP contribution in [0.25, 0.3) is 0 Å². The van der Waals surface area contributed by atoms with E-state index >= 15 is 0 Å². The normalized spacial score (nSPS) is 11.2. The first-order valence-electron chi connectivity index (χ1n) is 6.34. The van der Waals surface area contributed by atoms with Gasteiger partial charge in [-0.05, 0) is 43.3 Å². The second kappa shape index (κ2) is 6.15. The summed E-state index contributed by atoms with van der Waals surface area (Å²) in [5, 5.41) is 0. The molecule has 0 radical (unpaired) electrons. The van der Waals surface area contributed by atoms with Crippen molar-refractivity contribution in [2.75, 3.05) is 12.9 Å². The quantitative estimate of drug-likeness (QED) is 0.618. The summed E-state index contributed by atoms with van der Waals surface area (Å²) in [6.45, 7) is 1.24. The Morgan fingerprint density at radius 1 is 1.09 bits per heavy atom. The molecule has 2 aromatic rings. The number of esters is 1. The first kappa shape index (κ1) is 16.0. The van der Waals surface area contributed by atoms with Crippen molar-refractivity contribution in [3.8, 4) is 0 Å². The van der Waals surface area contributed by atoms with Crippen LogP contribution in [0.3, 0.4) is 0 Å². The molecule has 0 unspecified atom stereocenters. The lowest BCUT2D eigenvalue weighted by Gasteiger charge is -2.04. The van der Waals surface area contributed by atoms with Gasteiger partial charge in [-0.15, -0.1) is 0 Å². The summed E-state index contributed by atoms with van der Waals surface area (Å²) in [6, 6.07) is 8.50. The van der Waals surface area contributed by atoms with E-state index in [-0.39, 0.29) is 16.2 Å². The molecule has 0 spiro atoms. The van der Waals surface area contributed by atoms with Gasteiger partial charge in [0.05, 0.1) is 4.90 Å². The summed E-state index contributed by atoms with van der Waals surface area (Å²) in [5.41, 5.74) is 0.260. The van der Waals surface area contributed by atoms with Crippen LogP contribution in [0, 0.1) is 6.92 Å². The summed E-state index contributed by atoms with van der Waals surface area (Å²) in [5.74, 6) is -0.571. The van der Waals surface area contributed by atoms with Gasteiger partial charge in [0.15, 0.2) is 22.2 Å². The minimum Gasteiger partial charge on any atom is -0.454 e. The predicted octanol–water partition coefficient (Wildman–Crippen LogP) is 2.03. The van der Waals surface area contributed by atoms with Gasteiger partial charge in [-0.25, -0.2) is 13.2 Å². The molecule has 6 nitrogen and oxygen atoms in total. The van der Waals surface area contributed by atoms with Crippen molar-refractivity contribution in [3.05, 3.63) is 53.5 Å². The van der Waals surface area contributed by atoms with Crippen LogP contribution in [-0.2, 0) is 14.6 Å². The fourth-order valence-electron chi connectivity index (χ4n) is 1.72. The number of sulfone groups is 1. The number of hydrogen-bond donors (Lipinski definition) is 0. The number of carbonyl (C=O) groups excluding carboxylic acids is 2. The maximum Gasteiger partial charge on any atom is 0.374 e. The number of furan rings is 1. The summed E-state index contributed by atoms with van der Waals surface area (Å²) in [6.07, 6.45) is 1.08. The van der Waals surface area contributed by atoms with Gasteiger partial charge in [-0.2, -0.15) is 0 Å². The number of ketones is 1. The van der Waals surface area contributed by atoms with Crippen molar-refractivity contribution in [2.45, 2.75) is 11.8 Å². The van der Waals surface area contributed by atoms with Gasteiger partial charge in [0, 0.05) is 11.8 Å². The van der Waals surface area contributed by atoms with E-state index in [0.29, 0.717) is 5.76 Å². The topological polar surface area (TPSA) is 90.7 Å². The van der Waals surface area contributed by atoms with Crippen LogP contribution in [0.4, 0.5) is 0 Å². The van der Waals surface area contributed by atoms with Gasteiger partial charge in [-0.3, -0.25) is 4.79 Å². The number of rotatable bonds is 5. The zero-order valence-electron chi connectivity index (χ0n) is 12.0. The molecular formula is C15H14O6S. The lowest BCUT2D eigenvalue weighted by molar-refractivity contribution is 0.0443. The third-order valence-corrected chi connectivity index (χ3v) is 4.01. The number of ether oxygens (including phenoxy) is 1. The maximum atomic E-state index is 11.9. The molecule has 22 heavy (non-hydrogen) atoms. The number of hydrogen-bond acceptors (Lipinski definition) is 6. The molecule has 0 saturated carbocycles. The minimum atomic E-state index is -3.31. The Hall–Kier alpha value is -2.41. The third kappa shape index (κ3) is 3.82. The van der Waals surface area contributed by atoms with Crippen molar-refractivity contribution in [2.24, 2.45) is 0 Å². The Bertz CT molecular complexity index is 799. The SMILES string of the molecule is Cc1ccc(C(=O)OCC(=O)c2ccc(S(C)(=O)=O)cc2)o1. The fraction of sp³-hybridized carbons (Fsp3) is 0.200. The van der Waals surface area contributed by atoms with Crippen LogP contribution in [0.15, 0.2) is 45.7 Å². The van der Waals surface area contributed by atoms with Gasteiger partial charge >= 0.3 is 5.97 Å². The Morgan fingerprint density at radius 3 is 2.23 bits per heavy atom. The van der Waals surface area contributed by atoms with E-state index in [0.717, 1.165) is 6.26 Å². The molecule has 0 aliphatic carbocycles. The summed E-state index contributed by atoms with van der Waals surface area (Å²) >= 11 is 0. The van der Waals surface area contributed by atoms with E-state index < -0.39 is 28.2 Å². The smallest absolute Gasteiger partial charge is 0.374 e. The molecule has 7 heteroatoms. The van der Waals surface area contributed by atoms with Gasteiger partial charge in [-0.1, -0.05) is 0 Å². The molecule has 0 aliphatic heterocycles. The first-order valence-corrected chi connectivity index (χ1v) is 8.23. The monoisotopic (exact) mass is 322 g/mol. The minimum absolute atomic E-state index is 0.0257. The van der Waals surface area contributed by atoms with E-state index in [1.807, 2.05) is 0 Å². The van der Waals surface area contributed by atoms with Crippen molar-refractivity contribution < 1.29 is 27.2 Å². The van der Waals surface area contributed by atoms with Crippen molar-refractivity contribution in [1.82, 2.24) is 0 Å². The van der Waals surface area contributed by atoms with Crippen LogP contribution >= 0.6 is 0 Å². The average Bonchev–Trinajstić information content (AvgIpc) is 2.90. The predicted molar refractivity (Wildman–Crippen MR) is 77.6 cm³/mol. The Morgan fingerprint density at radius 2 is 1.73 bits per heavy atom. The Labute approximate surface area is 127 Å². The fourth-order valence-corrected chi connectivity index (χ4v) is 2.35. The zero-order valence-corrected chi connectivity index (χ0v) is 12.8.